The molecule has 0 saturated carbocycles. The van der Waals surface area contributed by atoms with Gasteiger partial charge in [0.25, 0.3) is 0 Å². The Kier molecular flexibility index (Phi) is 5.57. The van der Waals surface area contributed by atoms with E-state index in [4.69, 9.17) is 0 Å². The van der Waals surface area contributed by atoms with Gasteiger partial charge in [-0.3, -0.25) is 0 Å². The fourth-order valence-corrected chi connectivity index (χ4v) is 3.45. The van der Waals surface area contributed by atoms with Crippen LogP contribution in [0.15, 0.2) is 47.2 Å². The van der Waals surface area contributed by atoms with E-state index in [1.54, 1.807) is 11.3 Å². The summed E-state index contributed by atoms with van der Waals surface area (Å²) in [6.45, 7) is 7.33. The summed E-state index contributed by atoms with van der Waals surface area (Å²) >= 11 is 1.62. The zero-order chi connectivity index (χ0) is 15.3. The largest absolute Gasteiger partial charge is 0.387 e. The molecule has 0 radical (unpaired) electrons. The predicted molar refractivity (Wildman–Crippen MR) is 90.8 cm³/mol. The molecule has 2 N–H and O–H groups in total. The van der Waals surface area contributed by atoms with Crippen molar-refractivity contribution < 1.29 is 5.11 Å². The highest BCUT2D eigenvalue weighted by Gasteiger charge is 2.23. The lowest BCUT2D eigenvalue weighted by Gasteiger charge is -2.29. The Balaban J connectivity index is 1.85. The van der Waals surface area contributed by atoms with Crippen LogP contribution in [0.3, 0.4) is 0 Å². The number of aliphatic hydroxyl groups excluding tert-OH is 1. The molecule has 0 bridgehead atoms. The molecule has 0 aliphatic rings. The van der Waals surface area contributed by atoms with Gasteiger partial charge in [0.15, 0.2) is 0 Å². The van der Waals surface area contributed by atoms with Crippen molar-refractivity contribution in [2.24, 2.45) is 0 Å². The average molecular weight is 303 g/mol. The standard InChI is InChI=1S/C18H25NOS/c1-14(19-12-17(20)15-9-10-21-13-15)11-18(2,3)16-7-5-4-6-8-16/h4-10,13-14,17,19-20H,11-12H2,1-3H3. The second-order valence-corrected chi connectivity index (χ2v) is 7.12. The van der Waals surface area contributed by atoms with Gasteiger partial charge in [-0.15, -0.1) is 0 Å². The van der Waals surface area contributed by atoms with Gasteiger partial charge in [-0.25, -0.2) is 0 Å². The maximum absolute atomic E-state index is 10.1. The quantitative estimate of drug-likeness (QED) is 0.806. The molecule has 0 aliphatic carbocycles. The highest BCUT2D eigenvalue weighted by atomic mass is 32.1. The van der Waals surface area contributed by atoms with Crippen LogP contribution in [-0.2, 0) is 5.41 Å². The molecule has 2 nitrogen and oxygen atoms in total. The Morgan fingerprint density at radius 2 is 1.90 bits per heavy atom. The topological polar surface area (TPSA) is 32.3 Å². The van der Waals surface area contributed by atoms with E-state index in [1.807, 2.05) is 16.8 Å². The molecule has 0 aliphatic heterocycles. The van der Waals surface area contributed by atoms with Crippen LogP contribution in [0.5, 0.6) is 0 Å². The van der Waals surface area contributed by atoms with E-state index >= 15 is 0 Å². The minimum Gasteiger partial charge on any atom is -0.387 e. The smallest absolute Gasteiger partial charge is 0.0922 e. The van der Waals surface area contributed by atoms with Gasteiger partial charge in [0.2, 0.25) is 0 Å². The molecule has 2 rings (SSSR count). The Bertz CT molecular complexity index is 521. The van der Waals surface area contributed by atoms with E-state index in [9.17, 15) is 5.11 Å². The summed E-state index contributed by atoms with van der Waals surface area (Å²) in [6, 6.07) is 13.0. The van der Waals surface area contributed by atoms with Crippen LogP contribution in [0.1, 0.15) is 44.4 Å². The SMILES string of the molecule is CC(CC(C)(C)c1ccccc1)NCC(O)c1ccsc1. The maximum Gasteiger partial charge on any atom is 0.0922 e. The summed E-state index contributed by atoms with van der Waals surface area (Å²) in [5, 5.41) is 17.6. The fourth-order valence-electron chi connectivity index (χ4n) is 2.74. The molecular formula is C18H25NOS. The third-order valence-corrected chi connectivity index (χ3v) is 4.66. The van der Waals surface area contributed by atoms with Crippen molar-refractivity contribution >= 4 is 11.3 Å². The van der Waals surface area contributed by atoms with Crippen molar-refractivity contribution in [3.05, 3.63) is 58.3 Å². The first-order valence-corrected chi connectivity index (χ1v) is 8.42. The van der Waals surface area contributed by atoms with Gasteiger partial charge in [-0.05, 0) is 46.7 Å². The highest BCUT2D eigenvalue weighted by Crippen LogP contribution is 2.28. The normalized spacial score (nSPS) is 14.9. The zero-order valence-corrected chi connectivity index (χ0v) is 13.9. The summed E-state index contributed by atoms with van der Waals surface area (Å²) in [5.41, 5.74) is 2.49. The van der Waals surface area contributed by atoms with Gasteiger partial charge < -0.3 is 10.4 Å². The highest BCUT2D eigenvalue weighted by molar-refractivity contribution is 7.07. The van der Waals surface area contributed by atoms with Crippen LogP contribution >= 0.6 is 11.3 Å². The van der Waals surface area contributed by atoms with E-state index < -0.39 is 6.10 Å². The van der Waals surface area contributed by atoms with Gasteiger partial charge in [0.1, 0.15) is 0 Å². The first kappa shape index (κ1) is 16.2. The molecule has 1 aromatic carbocycles. The van der Waals surface area contributed by atoms with Crippen molar-refractivity contribution in [2.75, 3.05) is 6.54 Å². The van der Waals surface area contributed by atoms with Crippen molar-refractivity contribution in [2.45, 2.75) is 44.8 Å². The third kappa shape index (κ3) is 4.67. The van der Waals surface area contributed by atoms with Crippen LogP contribution in [-0.4, -0.2) is 17.7 Å². The minimum atomic E-state index is -0.418. The Hall–Kier alpha value is -1.16. The van der Waals surface area contributed by atoms with Crippen LogP contribution in [0.25, 0.3) is 0 Å². The first-order valence-electron chi connectivity index (χ1n) is 7.48. The van der Waals surface area contributed by atoms with E-state index in [1.165, 1.54) is 5.56 Å². The van der Waals surface area contributed by atoms with Gasteiger partial charge >= 0.3 is 0 Å². The molecule has 2 unspecified atom stereocenters. The van der Waals surface area contributed by atoms with Gasteiger partial charge in [-0.1, -0.05) is 44.2 Å². The number of aliphatic hydroxyl groups is 1. The fraction of sp³-hybridized carbons (Fsp3) is 0.444. The molecule has 0 saturated heterocycles. The van der Waals surface area contributed by atoms with E-state index in [2.05, 4.69) is 56.4 Å². The third-order valence-electron chi connectivity index (χ3n) is 3.96. The van der Waals surface area contributed by atoms with Crippen molar-refractivity contribution in [1.29, 1.82) is 0 Å². The second kappa shape index (κ2) is 7.21. The van der Waals surface area contributed by atoms with Crippen molar-refractivity contribution in [1.82, 2.24) is 5.32 Å². The molecule has 2 aromatic rings. The molecule has 0 fully saturated rings. The van der Waals surface area contributed by atoms with E-state index in [-0.39, 0.29) is 5.41 Å². The second-order valence-electron chi connectivity index (χ2n) is 6.34. The average Bonchev–Trinajstić information content (AvgIpc) is 2.99. The minimum absolute atomic E-state index is 0.126. The van der Waals surface area contributed by atoms with Crippen LogP contribution in [0, 0.1) is 0 Å². The summed E-state index contributed by atoms with van der Waals surface area (Å²) in [7, 11) is 0. The molecule has 1 heterocycles. The number of benzene rings is 1. The number of nitrogens with one attached hydrogen (secondary N) is 1. The molecule has 1 aromatic heterocycles. The van der Waals surface area contributed by atoms with E-state index in [0.29, 0.717) is 12.6 Å². The van der Waals surface area contributed by atoms with E-state index in [0.717, 1.165) is 12.0 Å². The number of hydrogen-bond acceptors (Lipinski definition) is 3. The first-order chi connectivity index (χ1) is 9.99. The van der Waals surface area contributed by atoms with Crippen LogP contribution in [0.2, 0.25) is 0 Å². The van der Waals surface area contributed by atoms with Crippen LogP contribution in [0.4, 0.5) is 0 Å². The predicted octanol–water partition coefficient (Wildman–Crippen LogP) is 4.13. The summed E-state index contributed by atoms with van der Waals surface area (Å²) in [6.07, 6.45) is 0.617. The summed E-state index contributed by atoms with van der Waals surface area (Å²) in [5.74, 6) is 0. The molecular weight excluding hydrogens is 278 g/mol. The number of thiophene rings is 1. The lowest BCUT2D eigenvalue weighted by molar-refractivity contribution is 0.168. The maximum atomic E-state index is 10.1. The summed E-state index contributed by atoms with van der Waals surface area (Å²) < 4.78 is 0. The molecule has 3 heteroatoms. The molecule has 0 amide bonds. The Morgan fingerprint density at radius 3 is 2.52 bits per heavy atom. The van der Waals surface area contributed by atoms with Gasteiger partial charge in [0.05, 0.1) is 6.10 Å². The molecule has 2 atom stereocenters. The monoisotopic (exact) mass is 303 g/mol. The van der Waals surface area contributed by atoms with Crippen LogP contribution < -0.4 is 5.32 Å². The lowest BCUT2D eigenvalue weighted by atomic mass is 9.79. The van der Waals surface area contributed by atoms with Crippen molar-refractivity contribution in [3.63, 3.8) is 0 Å². The number of hydrogen-bond donors (Lipinski definition) is 2. The number of rotatable bonds is 7. The van der Waals surface area contributed by atoms with Gasteiger partial charge in [-0.2, -0.15) is 11.3 Å². The molecule has 21 heavy (non-hydrogen) atoms. The van der Waals surface area contributed by atoms with Gasteiger partial charge in [0, 0.05) is 12.6 Å². The Labute approximate surface area is 131 Å². The lowest BCUT2D eigenvalue weighted by Crippen LogP contribution is -2.35. The molecule has 0 spiro atoms. The summed E-state index contributed by atoms with van der Waals surface area (Å²) in [4.78, 5) is 0. The Morgan fingerprint density at radius 1 is 1.19 bits per heavy atom. The zero-order valence-electron chi connectivity index (χ0n) is 13.0. The molecule has 114 valence electrons. The van der Waals surface area contributed by atoms with Crippen molar-refractivity contribution in [3.8, 4) is 0 Å².